The summed E-state index contributed by atoms with van der Waals surface area (Å²) in [5, 5.41) is 9.26. The molecule has 0 radical (unpaired) electrons. The molecule has 1 saturated carbocycles. The van der Waals surface area contributed by atoms with Gasteiger partial charge in [0, 0.05) is 43.5 Å². The molecule has 3 N–H and O–H groups in total. The molecule has 0 atom stereocenters. The second-order valence-electron chi connectivity index (χ2n) is 12.1. The van der Waals surface area contributed by atoms with E-state index < -0.39 is 0 Å². The van der Waals surface area contributed by atoms with Gasteiger partial charge in [0.05, 0.1) is 11.4 Å². The molecule has 0 spiro atoms. The average Bonchev–Trinajstić information content (AvgIpc) is 3.60. The Hall–Kier alpha value is -4.02. The molecule has 1 aliphatic carbocycles. The molecule has 0 unspecified atom stereocenters. The number of fused-ring (bicyclic) bond motifs is 2. The molecule has 10 nitrogen and oxygen atoms in total. The van der Waals surface area contributed by atoms with Crippen molar-refractivity contribution in [3.8, 4) is 11.3 Å². The molecule has 2 aromatic carbocycles. The van der Waals surface area contributed by atoms with Gasteiger partial charge in [-0.15, -0.1) is 0 Å². The van der Waals surface area contributed by atoms with Crippen molar-refractivity contribution in [2.75, 3.05) is 44.3 Å². The summed E-state index contributed by atoms with van der Waals surface area (Å²) in [6.07, 6.45) is 6.08. The fourth-order valence-electron chi connectivity index (χ4n) is 6.62. The fraction of sp³-hybridized carbons (Fsp3) is 0.438. The Balaban J connectivity index is 1.12. The highest BCUT2D eigenvalue weighted by atomic mass is 16.4. The van der Waals surface area contributed by atoms with Crippen LogP contribution in [0.2, 0.25) is 0 Å². The number of nitrogen functional groups attached to an aromatic ring is 1. The average molecular weight is 566 g/mol. The molecule has 4 heterocycles. The standard InChI is InChI=1S/C32H39N9O/c1-20(2)25-5-4-6-26-29(25)42-32(37-26)36-22-9-7-21(8-10-22)28-27-30(33)34-19-35-31(27)41(38-28)24-13-11-23(12-14-24)40-17-15-39(3)16-18-40/h4-10,19-20,23-24H,11-18H2,1-3H3,(H,36,37)(H2,33,34,35)/t23-,24+. The summed E-state index contributed by atoms with van der Waals surface area (Å²) >= 11 is 0. The molecule has 2 aliphatic rings. The van der Waals surface area contributed by atoms with Crippen molar-refractivity contribution in [3.05, 3.63) is 54.4 Å². The Labute approximate surface area is 245 Å². The fourth-order valence-corrected chi connectivity index (χ4v) is 6.62. The molecule has 10 heteroatoms. The van der Waals surface area contributed by atoms with Crippen LogP contribution in [0.3, 0.4) is 0 Å². The quantitative estimate of drug-likeness (QED) is 0.263. The van der Waals surface area contributed by atoms with Crippen LogP contribution in [0, 0.1) is 0 Å². The van der Waals surface area contributed by atoms with E-state index in [4.69, 9.17) is 15.2 Å². The third kappa shape index (κ3) is 4.98. The predicted molar refractivity (Wildman–Crippen MR) is 167 cm³/mol. The Bertz CT molecular complexity index is 1690. The Kier molecular flexibility index (Phi) is 7.03. The summed E-state index contributed by atoms with van der Waals surface area (Å²) in [6.45, 7) is 8.97. The summed E-state index contributed by atoms with van der Waals surface area (Å²) in [4.78, 5) is 18.7. The molecule has 2 fully saturated rings. The van der Waals surface area contributed by atoms with Gasteiger partial charge in [-0.3, -0.25) is 4.90 Å². The number of nitrogens with two attached hydrogens (primary N) is 1. The van der Waals surface area contributed by atoms with Gasteiger partial charge >= 0.3 is 0 Å². The van der Waals surface area contributed by atoms with Gasteiger partial charge in [-0.25, -0.2) is 14.6 Å². The number of hydrogen-bond donors (Lipinski definition) is 2. The SMILES string of the molecule is CC(C)c1cccc2nc(Nc3ccc(-c4nn([C@H]5CC[C@@H](N6CCN(C)CC6)CC5)c5ncnc(N)c45)cc3)oc12. The number of hydrogen-bond acceptors (Lipinski definition) is 9. The van der Waals surface area contributed by atoms with Crippen molar-refractivity contribution in [1.82, 2.24) is 34.5 Å². The van der Waals surface area contributed by atoms with Crippen LogP contribution in [0.25, 0.3) is 33.4 Å². The number of likely N-dealkylation sites (N-methyl/N-ethyl adjacent to an activating group) is 1. The normalized spacial score (nSPS) is 20.6. The van der Waals surface area contributed by atoms with E-state index in [9.17, 15) is 0 Å². The Morgan fingerprint density at radius 2 is 1.67 bits per heavy atom. The number of nitrogens with one attached hydrogen (secondary N) is 1. The molecule has 1 saturated heterocycles. The summed E-state index contributed by atoms with van der Waals surface area (Å²) in [7, 11) is 2.21. The van der Waals surface area contributed by atoms with E-state index in [2.05, 4.69) is 61.7 Å². The number of para-hydroxylation sites is 1. The zero-order valence-electron chi connectivity index (χ0n) is 24.6. The maximum Gasteiger partial charge on any atom is 0.300 e. The highest BCUT2D eigenvalue weighted by Gasteiger charge is 2.30. The summed E-state index contributed by atoms with van der Waals surface area (Å²) in [6, 6.07) is 15.7. The van der Waals surface area contributed by atoms with Crippen LogP contribution < -0.4 is 11.1 Å². The first-order valence-electron chi connectivity index (χ1n) is 15.1. The van der Waals surface area contributed by atoms with Gasteiger partial charge in [-0.05, 0) is 62.4 Å². The number of aromatic nitrogens is 5. The van der Waals surface area contributed by atoms with Gasteiger partial charge in [-0.2, -0.15) is 10.1 Å². The second-order valence-corrected chi connectivity index (χ2v) is 12.1. The molecular formula is C32H39N9O. The first kappa shape index (κ1) is 26.9. The van der Waals surface area contributed by atoms with Gasteiger partial charge in [0.15, 0.2) is 11.2 Å². The van der Waals surface area contributed by atoms with E-state index in [1.54, 1.807) is 6.33 Å². The van der Waals surface area contributed by atoms with Gasteiger partial charge < -0.3 is 20.4 Å². The summed E-state index contributed by atoms with van der Waals surface area (Å²) in [5.74, 6) is 0.814. The molecule has 3 aromatic heterocycles. The van der Waals surface area contributed by atoms with Crippen LogP contribution in [0.4, 0.5) is 17.5 Å². The van der Waals surface area contributed by atoms with Gasteiger partial charge in [0.1, 0.15) is 23.4 Å². The van der Waals surface area contributed by atoms with Crippen LogP contribution in [0.15, 0.2) is 53.2 Å². The topological polar surface area (TPSA) is 114 Å². The van der Waals surface area contributed by atoms with Crippen LogP contribution in [-0.4, -0.2) is 73.8 Å². The zero-order chi connectivity index (χ0) is 28.8. The molecule has 0 bridgehead atoms. The van der Waals surface area contributed by atoms with E-state index in [0.29, 0.717) is 29.8 Å². The lowest BCUT2D eigenvalue weighted by Gasteiger charge is -2.41. The van der Waals surface area contributed by atoms with E-state index in [0.717, 1.165) is 70.6 Å². The molecule has 7 rings (SSSR count). The number of nitrogens with zero attached hydrogens (tertiary/aromatic N) is 7. The molecule has 0 amide bonds. The molecule has 5 aromatic rings. The highest BCUT2D eigenvalue weighted by Crippen LogP contribution is 2.37. The van der Waals surface area contributed by atoms with Gasteiger partial charge in [0.25, 0.3) is 6.01 Å². The largest absolute Gasteiger partial charge is 0.423 e. The molecule has 42 heavy (non-hydrogen) atoms. The minimum Gasteiger partial charge on any atom is -0.423 e. The van der Waals surface area contributed by atoms with Crippen LogP contribution in [0.5, 0.6) is 0 Å². The van der Waals surface area contributed by atoms with Crippen molar-refractivity contribution < 1.29 is 4.42 Å². The lowest BCUT2D eigenvalue weighted by molar-refractivity contribution is 0.0815. The smallest absolute Gasteiger partial charge is 0.300 e. The minimum atomic E-state index is 0.301. The number of rotatable bonds is 6. The first-order chi connectivity index (χ1) is 20.4. The van der Waals surface area contributed by atoms with Crippen molar-refractivity contribution in [3.63, 3.8) is 0 Å². The van der Waals surface area contributed by atoms with Gasteiger partial charge in [0.2, 0.25) is 0 Å². The maximum atomic E-state index is 6.42. The minimum absolute atomic E-state index is 0.301. The third-order valence-electron chi connectivity index (χ3n) is 9.06. The summed E-state index contributed by atoms with van der Waals surface area (Å²) in [5.41, 5.74) is 12.7. The van der Waals surface area contributed by atoms with E-state index in [1.807, 2.05) is 36.4 Å². The number of piperazine rings is 1. The number of oxazole rings is 1. The molecular weight excluding hydrogens is 526 g/mol. The monoisotopic (exact) mass is 565 g/mol. The van der Waals surface area contributed by atoms with Crippen molar-refractivity contribution in [2.24, 2.45) is 0 Å². The van der Waals surface area contributed by atoms with E-state index >= 15 is 0 Å². The lowest BCUT2D eigenvalue weighted by Crippen LogP contribution is -2.49. The summed E-state index contributed by atoms with van der Waals surface area (Å²) < 4.78 is 8.21. The van der Waals surface area contributed by atoms with Crippen LogP contribution in [-0.2, 0) is 0 Å². The number of benzene rings is 2. The third-order valence-corrected chi connectivity index (χ3v) is 9.06. The second kappa shape index (κ2) is 11.0. The maximum absolute atomic E-state index is 6.42. The zero-order valence-corrected chi connectivity index (χ0v) is 24.6. The first-order valence-corrected chi connectivity index (χ1v) is 15.1. The van der Waals surface area contributed by atoms with E-state index in [-0.39, 0.29) is 0 Å². The van der Waals surface area contributed by atoms with Crippen molar-refractivity contribution >= 4 is 39.7 Å². The lowest BCUT2D eigenvalue weighted by atomic mass is 9.90. The molecule has 218 valence electrons. The molecule has 1 aliphatic heterocycles. The van der Waals surface area contributed by atoms with Crippen LogP contribution >= 0.6 is 0 Å². The van der Waals surface area contributed by atoms with Crippen LogP contribution in [0.1, 0.15) is 57.1 Å². The predicted octanol–water partition coefficient (Wildman–Crippen LogP) is 5.81. The highest BCUT2D eigenvalue weighted by molar-refractivity contribution is 5.98. The number of anilines is 3. The van der Waals surface area contributed by atoms with Crippen molar-refractivity contribution in [1.29, 1.82) is 0 Å². The van der Waals surface area contributed by atoms with E-state index in [1.165, 1.54) is 25.9 Å². The van der Waals surface area contributed by atoms with Crippen molar-refractivity contribution in [2.45, 2.75) is 57.5 Å². The Morgan fingerprint density at radius 1 is 0.929 bits per heavy atom. The van der Waals surface area contributed by atoms with Gasteiger partial charge in [-0.1, -0.05) is 38.1 Å². The Morgan fingerprint density at radius 3 is 2.40 bits per heavy atom.